The SMILES string of the molecule is CCOC(=O)/C=c1/s/c(=C/c2ccc(C(F)(F)F)cc2)c(=O)n1CC(N)=O. The number of amides is 1. The Hall–Kier alpha value is -2.88. The molecule has 1 heterocycles. The van der Waals surface area contributed by atoms with Crippen LogP contribution < -0.4 is 20.5 Å². The average molecular weight is 400 g/mol. The van der Waals surface area contributed by atoms with Crippen molar-refractivity contribution in [3.8, 4) is 0 Å². The summed E-state index contributed by atoms with van der Waals surface area (Å²) in [6.45, 7) is 1.30. The van der Waals surface area contributed by atoms with Gasteiger partial charge < -0.3 is 10.5 Å². The lowest BCUT2D eigenvalue weighted by Gasteiger charge is -2.05. The number of carbonyl (C=O) groups is 2. The van der Waals surface area contributed by atoms with Crippen LogP contribution in [0.15, 0.2) is 29.1 Å². The molecule has 1 aromatic carbocycles. The van der Waals surface area contributed by atoms with Crippen LogP contribution >= 0.6 is 11.3 Å². The van der Waals surface area contributed by atoms with Crippen molar-refractivity contribution in [2.75, 3.05) is 6.61 Å². The van der Waals surface area contributed by atoms with Crippen LogP contribution in [-0.2, 0) is 27.0 Å². The van der Waals surface area contributed by atoms with Crippen LogP contribution in [0.25, 0.3) is 12.2 Å². The number of benzene rings is 1. The summed E-state index contributed by atoms with van der Waals surface area (Å²) in [5.41, 5.74) is 4.09. The molecular formula is C17H15F3N2O4S. The summed E-state index contributed by atoms with van der Waals surface area (Å²) in [6, 6.07) is 4.23. The van der Waals surface area contributed by atoms with E-state index in [1.807, 2.05) is 0 Å². The number of primary amides is 1. The molecule has 10 heteroatoms. The van der Waals surface area contributed by atoms with Crippen molar-refractivity contribution in [3.05, 3.63) is 54.9 Å². The van der Waals surface area contributed by atoms with Gasteiger partial charge in [0.2, 0.25) is 5.91 Å². The predicted octanol–water partition coefficient (Wildman–Crippen LogP) is 0.586. The molecule has 0 aliphatic heterocycles. The number of nitrogens with zero attached hydrogens (tertiary/aromatic N) is 1. The molecule has 0 radical (unpaired) electrons. The average Bonchev–Trinajstić information content (AvgIpc) is 2.83. The third-order valence-corrected chi connectivity index (χ3v) is 4.37. The largest absolute Gasteiger partial charge is 0.463 e. The fourth-order valence-corrected chi connectivity index (χ4v) is 3.18. The van der Waals surface area contributed by atoms with E-state index in [0.29, 0.717) is 5.56 Å². The fraction of sp³-hybridized carbons (Fsp3) is 0.235. The fourth-order valence-electron chi connectivity index (χ4n) is 2.15. The molecule has 0 aliphatic rings. The number of thiazole rings is 1. The highest BCUT2D eigenvalue weighted by Gasteiger charge is 2.29. The van der Waals surface area contributed by atoms with E-state index >= 15 is 0 Å². The van der Waals surface area contributed by atoms with Crippen molar-refractivity contribution in [1.82, 2.24) is 4.57 Å². The predicted molar refractivity (Wildman–Crippen MR) is 93.1 cm³/mol. The maximum atomic E-state index is 12.6. The minimum absolute atomic E-state index is 0.130. The second kappa shape index (κ2) is 8.21. The third-order valence-electron chi connectivity index (χ3n) is 3.31. The van der Waals surface area contributed by atoms with Crippen molar-refractivity contribution in [2.24, 2.45) is 5.73 Å². The summed E-state index contributed by atoms with van der Waals surface area (Å²) in [4.78, 5) is 35.3. The summed E-state index contributed by atoms with van der Waals surface area (Å²) in [7, 11) is 0. The normalized spacial score (nSPS) is 13.0. The standard InChI is InChI=1S/C17H15F3N2O4S/c1-2-26-15(24)8-14-22(9-13(21)23)16(25)12(27-14)7-10-3-5-11(6-4-10)17(18,19)20/h3-8H,2,9H2,1H3,(H2,21,23)/b12-7+,14-8+. The smallest absolute Gasteiger partial charge is 0.416 e. The van der Waals surface area contributed by atoms with Crippen molar-refractivity contribution in [3.63, 3.8) is 0 Å². The molecule has 0 saturated carbocycles. The van der Waals surface area contributed by atoms with Gasteiger partial charge in [0.1, 0.15) is 11.2 Å². The molecule has 1 amide bonds. The number of halogens is 3. The number of carbonyl (C=O) groups excluding carboxylic acids is 2. The number of esters is 1. The molecule has 2 aromatic rings. The Morgan fingerprint density at radius 3 is 2.41 bits per heavy atom. The molecule has 0 atom stereocenters. The van der Waals surface area contributed by atoms with Crippen molar-refractivity contribution < 1.29 is 27.5 Å². The highest BCUT2D eigenvalue weighted by atomic mass is 32.1. The van der Waals surface area contributed by atoms with Gasteiger partial charge in [0.05, 0.1) is 22.8 Å². The van der Waals surface area contributed by atoms with Crippen LogP contribution in [0.1, 0.15) is 18.1 Å². The number of hydrogen-bond donors (Lipinski definition) is 1. The van der Waals surface area contributed by atoms with Gasteiger partial charge in [-0.3, -0.25) is 14.2 Å². The zero-order chi connectivity index (χ0) is 20.2. The van der Waals surface area contributed by atoms with Gasteiger partial charge >= 0.3 is 12.1 Å². The molecule has 0 unspecified atom stereocenters. The zero-order valence-electron chi connectivity index (χ0n) is 14.1. The van der Waals surface area contributed by atoms with Crippen LogP contribution in [0, 0.1) is 0 Å². The van der Waals surface area contributed by atoms with Gasteiger partial charge in [0, 0.05) is 0 Å². The summed E-state index contributed by atoms with van der Waals surface area (Å²) >= 11 is 0.895. The molecule has 144 valence electrons. The Morgan fingerprint density at radius 1 is 1.26 bits per heavy atom. The number of rotatable bonds is 5. The molecule has 2 rings (SSSR count). The van der Waals surface area contributed by atoms with E-state index in [1.165, 1.54) is 18.2 Å². The van der Waals surface area contributed by atoms with E-state index in [9.17, 15) is 27.6 Å². The summed E-state index contributed by atoms with van der Waals surface area (Å²) in [6.07, 6.45) is -2.03. The molecule has 0 fully saturated rings. The lowest BCUT2D eigenvalue weighted by atomic mass is 10.1. The van der Waals surface area contributed by atoms with Crippen LogP contribution in [0.5, 0.6) is 0 Å². The lowest BCUT2D eigenvalue weighted by Crippen LogP contribution is -2.36. The van der Waals surface area contributed by atoms with E-state index in [-0.39, 0.29) is 15.8 Å². The van der Waals surface area contributed by atoms with Crippen molar-refractivity contribution in [2.45, 2.75) is 19.6 Å². The van der Waals surface area contributed by atoms with Crippen LogP contribution in [0.2, 0.25) is 0 Å². The Bertz CT molecular complexity index is 1020. The Balaban J connectivity index is 2.55. The molecule has 0 bridgehead atoms. The van der Waals surface area contributed by atoms with Gasteiger partial charge in [-0.15, -0.1) is 11.3 Å². The minimum atomic E-state index is -4.46. The van der Waals surface area contributed by atoms with Crippen molar-refractivity contribution in [1.29, 1.82) is 0 Å². The zero-order valence-corrected chi connectivity index (χ0v) is 14.9. The van der Waals surface area contributed by atoms with E-state index in [0.717, 1.165) is 34.1 Å². The maximum absolute atomic E-state index is 12.6. The van der Waals surface area contributed by atoms with Crippen LogP contribution in [-0.4, -0.2) is 23.1 Å². The van der Waals surface area contributed by atoms with Gasteiger partial charge in [-0.1, -0.05) is 12.1 Å². The van der Waals surface area contributed by atoms with Gasteiger partial charge in [-0.05, 0) is 30.7 Å². The van der Waals surface area contributed by atoms with Gasteiger partial charge in [-0.2, -0.15) is 13.2 Å². The van der Waals surface area contributed by atoms with Gasteiger partial charge in [-0.25, -0.2) is 4.79 Å². The first-order valence-electron chi connectivity index (χ1n) is 7.67. The minimum Gasteiger partial charge on any atom is -0.463 e. The topological polar surface area (TPSA) is 91.4 Å². The summed E-state index contributed by atoms with van der Waals surface area (Å²) in [5.74, 6) is -1.48. The third kappa shape index (κ3) is 5.30. The van der Waals surface area contributed by atoms with Gasteiger partial charge in [0.15, 0.2) is 0 Å². The van der Waals surface area contributed by atoms with Crippen LogP contribution in [0.3, 0.4) is 0 Å². The second-order valence-corrected chi connectivity index (χ2v) is 6.38. The second-order valence-electron chi connectivity index (χ2n) is 5.32. The first-order valence-corrected chi connectivity index (χ1v) is 8.49. The molecule has 2 N–H and O–H groups in total. The highest BCUT2D eigenvalue weighted by Crippen LogP contribution is 2.29. The van der Waals surface area contributed by atoms with Crippen LogP contribution in [0.4, 0.5) is 13.2 Å². The number of hydrogen-bond acceptors (Lipinski definition) is 5. The molecule has 1 aromatic heterocycles. The Kier molecular flexibility index (Phi) is 6.21. The molecular weight excluding hydrogens is 385 g/mol. The van der Waals surface area contributed by atoms with E-state index in [2.05, 4.69) is 0 Å². The van der Waals surface area contributed by atoms with Gasteiger partial charge in [0.25, 0.3) is 5.56 Å². The molecule has 0 aliphatic carbocycles. The Morgan fingerprint density at radius 2 is 1.89 bits per heavy atom. The van der Waals surface area contributed by atoms with E-state index < -0.39 is 35.7 Å². The molecule has 27 heavy (non-hydrogen) atoms. The number of nitrogens with two attached hydrogens (primary N) is 1. The number of ether oxygens (including phenoxy) is 1. The molecule has 0 spiro atoms. The number of aromatic nitrogens is 1. The lowest BCUT2D eigenvalue weighted by molar-refractivity contribution is -0.137. The Labute approximate surface area is 155 Å². The molecule has 6 nitrogen and oxygen atoms in total. The summed E-state index contributed by atoms with van der Waals surface area (Å²) in [5, 5.41) is 0. The summed E-state index contributed by atoms with van der Waals surface area (Å²) < 4.78 is 43.9. The van der Waals surface area contributed by atoms with E-state index in [1.54, 1.807) is 6.92 Å². The first kappa shape index (κ1) is 20.4. The first-order chi connectivity index (χ1) is 12.6. The monoisotopic (exact) mass is 400 g/mol. The number of alkyl halides is 3. The molecule has 0 saturated heterocycles. The van der Waals surface area contributed by atoms with E-state index in [4.69, 9.17) is 10.5 Å². The van der Waals surface area contributed by atoms with Crippen molar-refractivity contribution >= 4 is 35.4 Å². The maximum Gasteiger partial charge on any atom is 0.416 e. The quantitative estimate of drug-likeness (QED) is 0.744. The highest BCUT2D eigenvalue weighted by molar-refractivity contribution is 7.07.